The van der Waals surface area contributed by atoms with Crippen LogP contribution in [0.5, 0.6) is 0 Å². The molecule has 0 spiro atoms. The van der Waals surface area contributed by atoms with Gasteiger partial charge in [0.15, 0.2) is 0 Å². The van der Waals surface area contributed by atoms with Gasteiger partial charge in [-0.3, -0.25) is 4.79 Å². The Hall–Kier alpha value is -1.29. The zero-order chi connectivity index (χ0) is 13.1. The average molecular weight is 249 g/mol. The van der Waals surface area contributed by atoms with Crippen molar-refractivity contribution in [3.05, 3.63) is 23.5 Å². The van der Waals surface area contributed by atoms with Gasteiger partial charge in [-0.1, -0.05) is 6.92 Å². The Balaban J connectivity index is 1.97. The third-order valence-electron chi connectivity index (χ3n) is 3.92. The molecule has 100 valence electrons. The molecule has 18 heavy (non-hydrogen) atoms. The van der Waals surface area contributed by atoms with Gasteiger partial charge in [0.1, 0.15) is 0 Å². The molecule has 0 aliphatic carbocycles. The number of hydrogen-bond acceptors (Lipinski definition) is 2. The molecule has 1 N–H and O–H groups in total. The molecule has 1 aliphatic heterocycles. The van der Waals surface area contributed by atoms with Crippen LogP contribution >= 0.6 is 0 Å². The highest BCUT2D eigenvalue weighted by atomic mass is 16.1. The van der Waals surface area contributed by atoms with Crippen molar-refractivity contribution in [3.8, 4) is 0 Å². The van der Waals surface area contributed by atoms with E-state index in [2.05, 4.69) is 17.1 Å². The van der Waals surface area contributed by atoms with Gasteiger partial charge in [0.05, 0.1) is 5.56 Å². The molecule has 2 rings (SSSR count). The van der Waals surface area contributed by atoms with Crippen LogP contribution in [0, 0.1) is 6.92 Å². The fraction of sp³-hybridized carbons (Fsp3) is 0.643. The third-order valence-corrected chi connectivity index (χ3v) is 3.92. The van der Waals surface area contributed by atoms with Crippen LogP contribution in [-0.2, 0) is 7.05 Å². The normalized spacial score (nSPS) is 20.9. The van der Waals surface area contributed by atoms with Crippen molar-refractivity contribution in [2.24, 2.45) is 7.05 Å². The van der Waals surface area contributed by atoms with Gasteiger partial charge in [-0.05, 0) is 38.9 Å². The molecule has 1 atom stereocenters. The second-order valence-electron chi connectivity index (χ2n) is 5.13. The largest absolute Gasteiger partial charge is 0.354 e. The van der Waals surface area contributed by atoms with E-state index in [0.717, 1.165) is 37.3 Å². The number of carbonyl (C=O) groups is 1. The van der Waals surface area contributed by atoms with E-state index < -0.39 is 0 Å². The Morgan fingerprint density at radius 2 is 2.33 bits per heavy atom. The fourth-order valence-electron chi connectivity index (χ4n) is 2.57. The summed E-state index contributed by atoms with van der Waals surface area (Å²) in [5, 5.41) is 3.16. The SMILES string of the molecule is CCN1CCC[C@@H](NC(=O)c2ccn(C)c2C)C1. The zero-order valence-electron chi connectivity index (χ0n) is 11.6. The van der Waals surface area contributed by atoms with Crippen LogP contribution in [0.4, 0.5) is 0 Å². The summed E-state index contributed by atoms with van der Waals surface area (Å²) >= 11 is 0. The minimum atomic E-state index is 0.0658. The highest BCUT2D eigenvalue weighted by Crippen LogP contribution is 2.12. The summed E-state index contributed by atoms with van der Waals surface area (Å²) in [4.78, 5) is 14.6. The van der Waals surface area contributed by atoms with E-state index in [-0.39, 0.29) is 5.91 Å². The Morgan fingerprint density at radius 3 is 2.94 bits per heavy atom. The fourth-order valence-corrected chi connectivity index (χ4v) is 2.57. The first-order chi connectivity index (χ1) is 8.61. The van der Waals surface area contributed by atoms with Crippen molar-refractivity contribution < 1.29 is 4.79 Å². The lowest BCUT2D eigenvalue weighted by atomic mass is 10.1. The van der Waals surface area contributed by atoms with Crippen LogP contribution in [0.15, 0.2) is 12.3 Å². The Morgan fingerprint density at radius 1 is 1.56 bits per heavy atom. The first kappa shape index (κ1) is 13.1. The molecular formula is C14H23N3O. The van der Waals surface area contributed by atoms with Crippen molar-refractivity contribution in [3.63, 3.8) is 0 Å². The van der Waals surface area contributed by atoms with E-state index in [0.29, 0.717) is 6.04 Å². The molecule has 2 heterocycles. The molecule has 1 amide bonds. The molecule has 0 saturated carbocycles. The molecular weight excluding hydrogens is 226 g/mol. The quantitative estimate of drug-likeness (QED) is 0.882. The van der Waals surface area contributed by atoms with E-state index in [4.69, 9.17) is 0 Å². The lowest BCUT2D eigenvalue weighted by molar-refractivity contribution is 0.0905. The first-order valence-electron chi connectivity index (χ1n) is 6.77. The number of carbonyl (C=O) groups excluding carboxylic acids is 1. The molecule has 0 bridgehead atoms. The Bertz CT molecular complexity index is 425. The summed E-state index contributed by atoms with van der Waals surface area (Å²) in [7, 11) is 1.96. The van der Waals surface area contributed by atoms with E-state index in [1.165, 1.54) is 6.42 Å². The number of rotatable bonds is 3. The number of piperidine rings is 1. The Labute approximate surface area is 109 Å². The summed E-state index contributed by atoms with van der Waals surface area (Å²) in [6.45, 7) is 7.36. The lowest BCUT2D eigenvalue weighted by Crippen LogP contribution is -2.47. The standard InChI is InChI=1S/C14H23N3O/c1-4-17-8-5-6-12(10-17)15-14(18)13-7-9-16(3)11(13)2/h7,9,12H,4-6,8,10H2,1-3H3,(H,15,18)/t12-/m1/s1. The molecule has 0 radical (unpaired) electrons. The van der Waals surface area contributed by atoms with E-state index in [1.807, 2.05) is 30.8 Å². The minimum Gasteiger partial charge on any atom is -0.354 e. The maximum Gasteiger partial charge on any atom is 0.253 e. The van der Waals surface area contributed by atoms with Gasteiger partial charge in [-0.2, -0.15) is 0 Å². The number of likely N-dealkylation sites (tertiary alicyclic amines) is 1. The molecule has 0 unspecified atom stereocenters. The van der Waals surface area contributed by atoms with Gasteiger partial charge in [-0.25, -0.2) is 0 Å². The predicted molar refractivity (Wildman–Crippen MR) is 72.8 cm³/mol. The van der Waals surface area contributed by atoms with Gasteiger partial charge in [0.25, 0.3) is 5.91 Å². The van der Waals surface area contributed by atoms with Crippen LogP contribution in [-0.4, -0.2) is 41.1 Å². The molecule has 4 nitrogen and oxygen atoms in total. The smallest absolute Gasteiger partial charge is 0.253 e. The van der Waals surface area contributed by atoms with Crippen molar-refractivity contribution in [1.29, 1.82) is 0 Å². The van der Waals surface area contributed by atoms with Crippen LogP contribution < -0.4 is 5.32 Å². The molecule has 1 aromatic rings. The van der Waals surface area contributed by atoms with Crippen molar-refractivity contribution in [1.82, 2.24) is 14.8 Å². The lowest BCUT2D eigenvalue weighted by Gasteiger charge is -2.32. The second-order valence-corrected chi connectivity index (χ2v) is 5.13. The van der Waals surface area contributed by atoms with Gasteiger partial charge in [-0.15, -0.1) is 0 Å². The number of likely N-dealkylation sites (N-methyl/N-ethyl adjacent to an activating group) is 1. The van der Waals surface area contributed by atoms with Gasteiger partial charge >= 0.3 is 0 Å². The van der Waals surface area contributed by atoms with Crippen LogP contribution in [0.2, 0.25) is 0 Å². The first-order valence-corrected chi connectivity index (χ1v) is 6.77. The predicted octanol–water partition coefficient (Wildman–Crippen LogP) is 1.55. The molecule has 4 heteroatoms. The summed E-state index contributed by atoms with van der Waals surface area (Å²) in [6.07, 6.45) is 4.20. The van der Waals surface area contributed by atoms with Gasteiger partial charge < -0.3 is 14.8 Å². The summed E-state index contributed by atoms with van der Waals surface area (Å²) in [5.41, 5.74) is 1.82. The topological polar surface area (TPSA) is 37.3 Å². The van der Waals surface area contributed by atoms with Crippen LogP contribution in [0.3, 0.4) is 0 Å². The number of aromatic nitrogens is 1. The van der Waals surface area contributed by atoms with Gasteiger partial charge in [0, 0.05) is 31.5 Å². The highest BCUT2D eigenvalue weighted by Gasteiger charge is 2.21. The van der Waals surface area contributed by atoms with E-state index in [9.17, 15) is 4.79 Å². The number of amides is 1. The number of nitrogens with one attached hydrogen (secondary N) is 1. The van der Waals surface area contributed by atoms with Crippen LogP contribution in [0.25, 0.3) is 0 Å². The monoisotopic (exact) mass is 249 g/mol. The number of hydrogen-bond donors (Lipinski definition) is 1. The van der Waals surface area contributed by atoms with Crippen molar-refractivity contribution in [2.75, 3.05) is 19.6 Å². The molecule has 1 aliphatic rings. The molecule has 0 aromatic carbocycles. The molecule has 1 aromatic heterocycles. The van der Waals surface area contributed by atoms with Crippen molar-refractivity contribution in [2.45, 2.75) is 32.7 Å². The maximum absolute atomic E-state index is 12.2. The van der Waals surface area contributed by atoms with Gasteiger partial charge in [0.2, 0.25) is 0 Å². The molecule has 1 saturated heterocycles. The summed E-state index contributed by atoms with van der Waals surface area (Å²) < 4.78 is 1.98. The number of nitrogens with zero attached hydrogens (tertiary/aromatic N) is 2. The van der Waals surface area contributed by atoms with Crippen LogP contribution in [0.1, 0.15) is 35.8 Å². The van der Waals surface area contributed by atoms with E-state index >= 15 is 0 Å². The number of aryl methyl sites for hydroxylation is 1. The summed E-state index contributed by atoms with van der Waals surface area (Å²) in [6, 6.07) is 2.19. The maximum atomic E-state index is 12.2. The van der Waals surface area contributed by atoms with E-state index in [1.54, 1.807) is 0 Å². The highest BCUT2D eigenvalue weighted by molar-refractivity contribution is 5.95. The van der Waals surface area contributed by atoms with Crippen molar-refractivity contribution >= 4 is 5.91 Å². The molecule has 1 fully saturated rings. The minimum absolute atomic E-state index is 0.0658. The zero-order valence-corrected chi connectivity index (χ0v) is 11.6. The average Bonchev–Trinajstić information content (AvgIpc) is 2.70. The second kappa shape index (κ2) is 5.57. The third kappa shape index (κ3) is 2.75. The Kier molecular flexibility index (Phi) is 4.07. The summed E-state index contributed by atoms with van der Waals surface area (Å²) in [5.74, 6) is 0.0658.